The molecule has 10 aromatic rings. The molecule has 234 valence electrons. The summed E-state index contributed by atoms with van der Waals surface area (Å²) >= 11 is 0. The van der Waals surface area contributed by atoms with Crippen LogP contribution in [0.4, 0.5) is 0 Å². The standard InChI is InChI=1S/C43H25N5O2/c1-4-13-26(14-5-1)40-44-36-32-19-10-11-22-34(32)49-39(36)37(45-40)33-21-12-20-31-30-24-23-29(25-35(30)50-38(31)33)43-47-41(27-15-6-2-7-16-27)46-42(48-43)28-17-8-3-9-18-28/h1-25H. The number of fused-ring (bicyclic) bond motifs is 6. The van der Waals surface area contributed by atoms with Gasteiger partial charge in [0.05, 0.1) is 0 Å². The third-order valence-electron chi connectivity index (χ3n) is 8.96. The zero-order chi connectivity index (χ0) is 33.0. The fourth-order valence-corrected chi connectivity index (χ4v) is 6.55. The lowest BCUT2D eigenvalue weighted by molar-refractivity contribution is 0.663. The predicted molar refractivity (Wildman–Crippen MR) is 197 cm³/mol. The van der Waals surface area contributed by atoms with Crippen molar-refractivity contribution in [2.24, 2.45) is 0 Å². The van der Waals surface area contributed by atoms with Crippen LogP contribution in [-0.4, -0.2) is 24.9 Å². The predicted octanol–water partition coefficient (Wildman–Crippen LogP) is 10.8. The van der Waals surface area contributed by atoms with Crippen LogP contribution in [-0.2, 0) is 0 Å². The van der Waals surface area contributed by atoms with E-state index in [4.69, 9.17) is 33.8 Å². The Labute approximate surface area is 285 Å². The summed E-state index contributed by atoms with van der Waals surface area (Å²) in [6, 6.07) is 50.1. The van der Waals surface area contributed by atoms with Crippen LogP contribution >= 0.6 is 0 Å². The molecule has 0 aliphatic heterocycles. The zero-order valence-corrected chi connectivity index (χ0v) is 26.5. The summed E-state index contributed by atoms with van der Waals surface area (Å²) in [4.78, 5) is 24.8. The minimum absolute atomic E-state index is 0.563. The highest BCUT2D eigenvalue weighted by Crippen LogP contribution is 2.41. The Morgan fingerprint density at radius 2 is 0.880 bits per heavy atom. The molecule has 0 N–H and O–H groups in total. The Morgan fingerprint density at radius 1 is 0.340 bits per heavy atom. The number of para-hydroxylation sites is 2. The summed E-state index contributed by atoms with van der Waals surface area (Å²) in [5.74, 6) is 2.39. The lowest BCUT2D eigenvalue weighted by atomic mass is 10.0. The summed E-state index contributed by atoms with van der Waals surface area (Å²) in [6.07, 6.45) is 0. The highest BCUT2D eigenvalue weighted by atomic mass is 16.3. The quantitative estimate of drug-likeness (QED) is 0.184. The number of aromatic nitrogens is 5. The molecular weight excluding hydrogens is 619 g/mol. The van der Waals surface area contributed by atoms with Crippen molar-refractivity contribution in [3.63, 3.8) is 0 Å². The van der Waals surface area contributed by atoms with Gasteiger partial charge in [-0.1, -0.05) is 121 Å². The normalized spacial score (nSPS) is 11.6. The Hall–Kier alpha value is -6.99. The van der Waals surface area contributed by atoms with Gasteiger partial charge < -0.3 is 8.83 Å². The van der Waals surface area contributed by atoms with Crippen LogP contribution in [0.25, 0.3) is 101 Å². The van der Waals surface area contributed by atoms with Gasteiger partial charge in [-0.2, -0.15) is 0 Å². The lowest BCUT2D eigenvalue weighted by Gasteiger charge is -2.08. The van der Waals surface area contributed by atoms with Crippen LogP contribution in [0.1, 0.15) is 0 Å². The number of benzene rings is 6. The fraction of sp³-hybridized carbons (Fsp3) is 0. The zero-order valence-electron chi connectivity index (χ0n) is 26.5. The number of nitrogens with zero attached hydrogens (tertiary/aromatic N) is 5. The molecule has 50 heavy (non-hydrogen) atoms. The molecule has 4 heterocycles. The van der Waals surface area contributed by atoms with Crippen molar-refractivity contribution in [3.8, 4) is 56.8 Å². The third-order valence-corrected chi connectivity index (χ3v) is 8.96. The summed E-state index contributed by atoms with van der Waals surface area (Å²) < 4.78 is 13.2. The van der Waals surface area contributed by atoms with Gasteiger partial charge >= 0.3 is 0 Å². The highest BCUT2D eigenvalue weighted by molar-refractivity contribution is 6.13. The van der Waals surface area contributed by atoms with Crippen LogP contribution in [0, 0.1) is 0 Å². The van der Waals surface area contributed by atoms with Gasteiger partial charge in [-0.05, 0) is 30.3 Å². The fourth-order valence-electron chi connectivity index (χ4n) is 6.55. The topological polar surface area (TPSA) is 90.7 Å². The van der Waals surface area contributed by atoms with Crippen molar-refractivity contribution in [1.82, 2.24) is 24.9 Å². The van der Waals surface area contributed by atoms with E-state index in [0.29, 0.717) is 45.7 Å². The van der Waals surface area contributed by atoms with Crippen molar-refractivity contribution in [3.05, 3.63) is 152 Å². The Kier molecular flexibility index (Phi) is 6.35. The Bertz CT molecular complexity index is 2810. The number of rotatable bonds is 5. The highest BCUT2D eigenvalue weighted by Gasteiger charge is 2.22. The lowest BCUT2D eigenvalue weighted by Crippen LogP contribution is -2.00. The molecule has 0 spiro atoms. The second-order valence-corrected chi connectivity index (χ2v) is 12.1. The maximum atomic E-state index is 6.73. The molecule has 0 atom stereocenters. The van der Waals surface area contributed by atoms with E-state index in [0.717, 1.165) is 55.1 Å². The molecule has 0 fully saturated rings. The van der Waals surface area contributed by atoms with E-state index in [1.165, 1.54) is 0 Å². The van der Waals surface area contributed by atoms with E-state index in [2.05, 4.69) is 12.1 Å². The summed E-state index contributed by atoms with van der Waals surface area (Å²) in [6.45, 7) is 0. The molecule has 10 rings (SSSR count). The van der Waals surface area contributed by atoms with Gasteiger partial charge in [-0.3, -0.25) is 0 Å². The van der Waals surface area contributed by atoms with Crippen LogP contribution < -0.4 is 0 Å². The average Bonchev–Trinajstić information content (AvgIpc) is 3.77. The van der Waals surface area contributed by atoms with Crippen LogP contribution in [0.5, 0.6) is 0 Å². The molecule has 0 saturated heterocycles. The van der Waals surface area contributed by atoms with E-state index in [-0.39, 0.29) is 0 Å². The molecule has 0 aliphatic carbocycles. The van der Waals surface area contributed by atoms with Gasteiger partial charge in [0.15, 0.2) is 28.9 Å². The molecule has 7 heteroatoms. The van der Waals surface area contributed by atoms with Crippen molar-refractivity contribution in [1.29, 1.82) is 0 Å². The molecule has 0 saturated carbocycles. The van der Waals surface area contributed by atoms with E-state index in [9.17, 15) is 0 Å². The first kappa shape index (κ1) is 28.1. The molecule has 6 aromatic carbocycles. The van der Waals surface area contributed by atoms with E-state index < -0.39 is 0 Å². The van der Waals surface area contributed by atoms with Gasteiger partial charge in [0.1, 0.15) is 28.0 Å². The van der Waals surface area contributed by atoms with Crippen molar-refractivity contribution in [2.45, 2.75) is 0 Å². The smallest absolute Gasteiger partial charge is 0.180 e. The summed E-state index contributed by atoms with van der Waals surface area (Å²) in [5, 5.41) is 2.88. The average molecular weight is 644 g/mol. The van der Waals surface area contributed by atoms with E-state index >= 15 is 0 Å². The van der Waals surface area contributed by atoms with Gasteiger partial charge in [-0.15, -0.1) is 0 Å². The molecule has 0 amide bonds. The molecule has 7 nitrogen and oxygen atoms in total. The van der Waals surface area contributed by atoms with E-state index in [1.807, 2.05) is 140 Å². The van der Waals surface area contributed by atoms with Crippen molar-refractivity contribution >= 4 is 44.0 Å². The second kappa shape index (κ2) is 11.3. The van der Waals surface area contributed by atoms with Crippen LogP contribution in [0.3, 0.4) is 0 Å². The van der Waals surface area contributed by atoms with Gasteiger partial charge in [-0.25, -0.2) is 24.9 Å². The first-order valence-corrected chi connectivity index (χ1v) is 16.3. The number of hydrogen-bond acceptors (Lipinski definition) is 7. The second-order valence-electron chi connectivity index (χ2n) is 12.1. The Balaban J connectivity index is 1.17. The van der Waals surface area contributed by atoms with Crippen LogP contribution in [0.2, 0.25) is 0 Å². The van der Waals surface area contributed by atoms with Gasteiger partial charge in [0, 0.05) is 44.0 Å². The van der Waals surface area contributed by atoms with Crippen molar-refractivity contribution < 1.29 is 8.83 Å². The minimum atomic E-state index is 0.563. The van der Waals surface area contributed by atoms with Gasteiger partial charge in [0.25, 0.3) is 0 Å². The molecule has 0 bridgehead atoms. The first-order chi connectivity index (χ1) is 24.8. The SMILES string of the molecule is c1ccc(-c2nc(-c3ccccc3)nc(-c3ccc4c(c3)oc3c(-c5nc(-c6ccccc6)nc6c5oc5ccccc56)cccc34)n2)cc1. The van der Waals surface area contributed by atoms with Crippen LogP contribution in [0.15, 0.2) is 160 Å². The molecule has 0 radical (unpaired) electrons. The monoisotopic (exact) mass is 643 g/mol. The number of furan rings is 2. The molecule has 0 unspecified atom stereocenters. The summed E-state index contributed by atoms with van der Waals surface area (Å²) in [5.41, 5.74) is 8.63. The first-order valence-electron chi connectivity index (χ1n) is 16.3. The molecular formula is C43H25N5O2. The summed E-state index contributed by atoms with van der Waals surface area (Å²) in [7, 11) is 0. The molecule has 4 aromatic heterocycles. The Morgan fingerprint density at radius 3 is 1.54 bits per heavy atom. The number of hydrogen-bond donors (Lipinski definition) is 0. The molecule has 0 aliphatic rings. The maximum absolute atomic E-state index is 6.73. The maximum Gasteiger partial charge on any atom is 0.180 e. The minimum Gasteiger partial charge on any atom is -0.455 e. The largest absolute Gasteiger partial charge is 0.455 e. The van der Waals surface area contributed by atoms with E-state index in [1.54, 1.807) is 0 Å². The van der Waals surface area contributed by atoms with Crippen molar-refractivity contribution in [2.75, 3.05) is 0 Å². The third kappa shape index (κ3) is 4.64. The van der Waals surface area contributed by atoms with Gasteiger partial charge in [0.2, 0.25) is 0 Å².